The number of hydrogen-bond donors (Lipinski definition) is 0. The number of rotatable bonds is 1. The highest BCUT2D eigenvalue weighted by Gasteiger charge is 2.38. The van der Waals surface area contributed by atoms with E-state index in [9.17, 15) is 9.59 Å². The minimum atomic E-state index is -0.0476. The van der Waals surface area contributed by atoms with Crippen LogP contribution in [0.2, 0.25) is 0 Å². The average Bonchev–Trinajstić information content (AvgIpc) is 2.65. The van der Waals surface area contributed by atoms with E-state index < -0.39 is 0 Å². The molecule has 5 nitrogen and oxygen atoms in total. The Bertz CT molecular complexity index is 572. The minimum Gasteiger partial charge on any atom is -0.341 e. The van der Waals surface area contributed by atoms with Crippen LogP contribution in [0.25, 0.3) is 0 Å². The normalized spacial score (nSPS) is 25.7. The standard InChI is InChI=1S/C16H21N3O2/c1-11-8-17-7-6-14(11)16(21)19-9-12-4-3-5-13(10-19)18(2)15(12)20/h6-8,12-13H,3-5,9-10H2,1-2H3/t12-,13+/m1/s1. The van der Waals surface area contributed by atoms with Gasteiger partial charge in [-0.05, 0) is 31.4 Å². The number of hydrogen-bond acceptors (Lipinski definition) is 3. The molecular formula is C16H21N3O2. The highest BCUT2D eigenvalue weighted by Crippen LogP contribution is 2.27. The number of aryl methyl sites for hydroxylation is 1. The van der Waals surface area contributed by atoms with Crippen molar-refractivity contribution in [3.8, 4) is 0 Å². The third-order valence-corrected chi connectivity index (χ3v) is 4.74. The first-order chi connectivity index (χ1) is 10.1. The molecule has 0 spiro atoms. The number of aromatic nitrogens is 1. The summed E-state index contributed by atoms with van der Waals surface area (Å²) in [6.07, 6.45) is 6.30. The Hall–Kier alpha value is -1.91. The maximum Gasteiger partial charge on any atom is 0.254 e. The molecule has 2 aliphatic heterocycles. The lowest BCUT2D eigenvalue weighted by Gasteiger charge is -2.29. The second kappa shape index (κ2) is 5.47. The Balaban J connectivity index is 1.88. The molecule has 2 atom stereocenters. The largest absolute Gasteiger partial charge is 0.341 e. The predicted octanol–water partition coefficient (Wildman–Crippen LogP) is 1.47. The summed E-state index contributed by atoms with van der Waals surface area (Å²) in [6, 6.07) is 1.92. The van der Waals surface area contributed by atoms with E-state index in [2.05, 4.69) is 4.98 Å². The first-order valence-corrected chi connectivity index (χ1v) is 7.54. The second-order valence-electron chi connectivity index (χ2n) is 6.13. The van der Waals surface area contributed by atoms with Gasteiger partial charge in [-0.15, -0.1) is 0 Å². The Labute approximate surface area is 124 Å². The van der Waals surface area contributed by atoms with E-state index in [1.54, 1.807) is 18.5 Å². The summed E-state index contributed by atoms with van der Waals surface area (Å²) in [6.45, 7) is 3.08. The van der Waals surface area contributed by atoms with E-state index in [1.165, 1.54) is 0 Å². The van der Waals surface area contributed by atoms with E-state index >= 15 is 0 Å². The topological polar surface area (TPSA) is 53.5 Å². The van der Waals surface area contributed by atoms with Crippen molar-refractivity contribution in [2.75, 3.05) is 20.1 Å². The molecule has 2 aliphatic rings. The van der Waals surface area contributed by atoms with Gasteiger partial charge in [-0.25, -0.2) is 0 Å². The van der Waals surface area contributed by atoms with Crippen molar-refractivity contribution >= 4 is 11.8 Å². The van der Waals surface area contributed by atoms with Crippen LogP contribution in [-0.2, 0) is 4.79 Å². The Morgan fingerprint density at radius 1 is 1.33 bits per heavy atom. The van der Waals surface area contributed by atoms with Crippen molar-refractivity contribution in [3.05, 3.63) is 29.6 Å². The number of carbonyl (C=O) groups excluding carboxylic acids is 2. The van der Waals surface area contributed by atoms with Crippen molar-refractivity contribution in [1.29, 1.82) is 0 Å². The first-order valence-electron chi connectivity index (χ1n) is 7.54. The highest BCUT2D eigenvalue weighted by atomic mass is 16.2. The number of likely N-dealkylation sites (tertiary alicyclic amines) is 1. The lowest BCUT2D eigenvalue weighted by Crippen LogP contribution is -2.42. The predicted molar refractivity (Wildman–Crippen MR) is 78.8 cm³/mol. The fourth-order valence-electron chi connectivity index (χ4n) is 3.41. The van der Waals surface area contributed by atoms with Crippen molar-refractivity contribution in [3.63, 3.8) is 0 Å². The number of pyridine rings is 1. The minimum absolute atomic E-state index is 0.0231. The van der Waals surface area contributed by atoms with Gasteiger partial charge in [-0.1, -0.05) is 6.42 Å². The molecule has 0 unspecified atom stereocenters. The van der Waals surface area contributed by atoms with Crippen LogP contribution in [0.3, 0.4) is 0 Å². The molecule has 1 aromatic rings. The molecular weight excluding hydrogens is 266 g/mol. The van der Waals surface area contributed by atoms with Crippen LogP contribution in [0, 0.1) is 12.8 Å². The van der Waals surface area contributed by atoms with Crippen molar-refractivity contribution in [2.24, 2.45) is 5.92 Å². The van der Waals surface area contributed by atoms with Crippen LogP contribution in [0.5, 0.6) is 0 Å². The first kappa shape index (κ1) is 14.0. The summed E-state index contributed by atoms with van der Waals surface area (Å²) in [4.78, 5) is 32.9. The molecule has 2 saturated heterocycles. The molecule has 2 amide bonds. The molecule has 3 heterocycles. The van der Waals surface area contributed by atoms with Crippen LogP contribution in [-0.4, -0.2) is 52.8 Å². The number of carbonyl (C=O) groups is 2. The molecule has 3 rings (SSSR count). The van der Waals surface area contributed by atoms with Crippen LogP contribution < -0.4 is 0 Å². The van der Waals surface area contributed by atoms with E-state index in [4.69, 9.17) is 0 Å². The number of likely N-dealkylation sites (N-methyl/N-ethyl adjacent to an activating group) is 1. The van der Waals surface area contributed by atoms with Gasteiger partial charge in [-0.2, -0.15) is 0 Å². The van der Waals surface area contributed by atoms with Crippen LogP contribution in [0.15, 0.2) is 18.5 Å². The van der Waals surface area contributed by atoms with E-state index in [0.717, 1.165) is 24.8 Å². The summed E-state index contributed by atoms with van der Waals surface area (Å²) in [7, 11) is 1.87. The summed E-state index contributed by atoms with van der Waals surface area (Å²) < 4.78 is 0. The molecule has 0 radical (unpaired) electrons. The molecule has 0 aliphatic carbocycles. The molecule has 0 N–H and O–H groups in total. The fourth-order valence-corrected chi connectivity index (χ4v) is 3.41. The molecule has 1 aromatic heterocycles. The van der Waals surface area contributed by atoms with Gasteiger partial charge >= 0.3 is 0 Å². The maximum absolute atomic E-state index is 12.8. The third-order valence-electron chi connectivity index (χ3n) is 4.74. The van der Waals surface area contributed by atoms with Crippen LogP contribution in [0.4, 0.5) is 0 Å². The molecule has 5 heteroatoms. The Morgan fingerprint density at radius 3 is 2.90 bits per heavy atom. The SMILES string of the molecule is Cc1cnccc1C(=O)N1C[C@H]2CCC[C@@H](C1)N(C)C2=O. The van der Waals surface area contributed by atoms with E-state index in [0.29, 0.717) is 18.7 Å². The van der Waals surface area contributed by atoms with E-state index in [1.807, 2.05) is 23.8 Å². The monoisotopic (exact) mass is 287 g/mol. The second-order valence-corrected chi connectivity index (χ2v) is 6.13. The van der Waals surface area contributed by atoms with Gasteiger partial charge in [0, 0.05) is 44.1 Å². The maximum atomic E-state index is 12.8. The summed E-state index contributed by atoms with van der Waals surface area (Å²) >= 11 is 0. The number of amides is 2. The third kappa shape index (κ3) is 2.52. The lowest BCUT2D eigenvalue weighted by atomic mass is 9.98. The van der Waals surface area contributed by atoms with Gasteiger partial charge < -0.3 is 9.80 Å². The summed E-state index contributed by atoms with van der Waals surface area (Å²) in [5.74, 6) is 0.169. The summed E-state index contributed by atoms with van der Waals surface area (Å²) in [5, 5.41) is 0. The van der Waals surface area contributed by atoms with Gasteiger partial charge in [0.2, 0.25) is 5.91 Å². The smallest absolute Gasteiger partial charge is 0.254 e. The van der Waals surface area contributed by atoms with Gasteiger partial charge in [0.1, 0.15) is 0 Å². The van der Waals surface area contributed by atoms with E-state index in [-0.39, 0.29) is 23.8 Å². The molecule has 0 aromatic carbocycles. The Morgan fingerprint density at radius 2 is 2.14 bits per heavy atom. The van der Waals surface area contributed by atoms with Crippen LogP contribution in [0.1, 0.15) is 35.2 Å². The highest BCUT2D eigenvalue weighted by molar-refractivity contribution is 5.96. The van der Waals surface area contributed by atoms with Crippen molar-refractivity contribution in [1.82, 2.24) is 14.8 Å². The fraction of sp³-hybridized carbons (Fsp3) is 0.562. The van der Waals surface area contributed by atoms with Gasteiger partial charge in [-0.3, -0.25) is 14.6 Å². The molecule has 2 bridgehead atoms. The number of fused-ring (bicyclic) bond motifs is 3. The van der Waals surface area contributed by atoms with Crippen molar-refractivity contribution in [2.45, 2.75) is 32.2 Å². The zero-order valence-corrected chi connectivity index (χ0v) is 12.6. The van der Waals surface area contributed by atoms with Gasteiger partial charge in [0.25, 0.3) is 5.91 Å². The lowest BCUT2D eigenvalue weighted by molar-refractivity contribution is -0.134. The average molecular weight is 287 g/mol. The Kier molecular flexibility index (Phi) is 3.66. The summed E-state index contributed by atoms with van der Waals surface area (Å²) in [5.41, 5.74) is 1.58. The molecule has 0 saturated carbocycles. The quantitative estimate of drug-likeness (QED) is 0.786. The zero-order chi connectivity index (χ0) is 15.0. The zero-order valence-electron chi connectivity index (χ0n) is 12.6. The van der Waals surface area contributed by atoms with Gasteiger partial charge in [0.15, 0.2) is 0 Å². The van der Waals surface area contributed by atoms with Crippen molar-refractivity contribution < 1.29 is 9.59 Å². The molecule has 2 fully saturated rings. The number of nitrogens with zero attached hydrogens (tertiary/aromatic N) is 3. The van der Waals surface area contributed by atoms with Gasteiger partial charge in [0.05, 0.1) is 5.92 Å². The molecule has 21 heavy (non-hydrogen) atoms. The van der Waals surface area contributed by atoms with Crippen LogP contribution >= 0.6 is 0 Å². The molecule has 112 valence electrons.